The van der Waals surface area contributed by atoms with Gasteiger partial charge in [-0.25, -0.2) is 9.78 Å². The normalized spacial score (nSPS) is 10.5. The summed E-state index contributed by atoms with van der Waals surface area (Å²) in [5, 5.41) is 3.39. The summed E-state index contributed by atoms with van der Waals surface area (Å²) in [6, 6.07) is 21.7. The van der Waals surface area contributed by atoms with Crippen LogP contribution in [0.3, 0.4) is 0 Å². The summed E-state index contributed by atoms with van der Waals surface area (Å²) in [6.45, 7) is -0.169. The number of benzene rings is 3. The smallest absolute Gasteiger partial charge is 0.339 e. The number of hydrogen-bond acceptors (Lipinski definition) is 7. The van der Waals surface area contributed by atoms with E-state index in [4.69, 9.17) is 18.9 Å². The Labute approximate surface area is 208 Å². The van der Waals surface area contributed by atoms with Gasteiger partial charge in [0.1, 0.15) is 5.75 Å². The van der Waals surface area contributed by atoms with Gasteiger partial charge in [-0.3, -0.25) is 4.79 Å². The van der Waals surface area contributed by atoms with Crippen LogP contribution in [0.25, 0.3) is 22.2 Å². The quantitative estimate of drug-likeness (QED) is 0.350. The molecule has 0 unspecified atom stereocenters. The minimum absolute atomic E-state index is 0.247. The van der Waals surface area contributed by atoms with Crippen LogP contribution in [0.2, 0.25) is 0 Å². The number of esters is 1. The molecule has 184 valence electrons. The summed E-state index contributed by atoms with van der Waals surface area (Å²) < 4.78 is 21.1. The molecule has 1 aromatic heterocycles. The van der Waals surface area contributed by atoms with E-state index in [0.29, 0.717) is 33.7 Å². The van der Waals surface area contributed by atoms with Crippen LogP contribution in [0.15, 0.2) is 72.8 Å². The monoisotopic (exact) mass is 486 g/mol. The first kappa shape index (κ1) is 24.5. The Morgan fingerprint density at radius 3 is 2.31 bits per heavy atom. The molecular formula is C28H26N2O6. The third-order valence-electron chi connectivity index (χ3n) is 5.59. The summed E-state index contributed by atoms with van der Waals surface area (Å²) in [6.07, 6.45) is 0. The van der Waals surface area contributed by atoms with Crippen LogP contribution >= 0.6 is 0 Å². The van der Waals surface area contributed by atoms with Gasteiger partial charge in [0.25, 0.3) is 5.91 Å². The van der Waals surface area contributed by atoms with E-state index >= 15 is 0 Å². The van der Waals surface area contributed by atoms with E-state index in [0.717, 1.165) is 16.9 Å². The Kier molecular flexibility index (Phi) is 7.65. The van der Waals surface area contributed by atoms with E-state index in [1.54, 1.807) is 45.6 Å². The third kappa shape index (κ3) is 5.55. The number of amides is 1. The van der Waals surface area contributed by atoms with Crippen LogP contribution in [-0.2, 0) is 16.1 Å². The maximum absolute atomic E-state index is 13.0. The van der Waals surface area contributed by atoms with Crippen molar-refractivity contribution >= 4 is 22.8 Å². The third-order valence-corrected chi connectivity index (χ3v) is 5.59. The predicted octanol–water partition coefficient (Wildman–Crippen LogP) is 4.40. The Hall–Kier alpha value is -4.59. The average Bonchev–Trinajstić information content (AvgIpc) is 2.93. The lowest BCUT2D eigenvalue weighted by atomic mass is 10.0. The van der Waals surface area contributed by atoms with Crippen molar-refractivity contribution in [3.8, 4) is 28.5 Å². The number of para-hydroxylation sites is 1. The highest BCUT2D eigenvalue weighted by Gasteiger charge is 2.17. The molecule has 4 rings (SSSR count). The molecule has 1 amide bonds. The summed E-state index contributed by atoms with van der Waals surface area (Å²) in [7, 11) is 4.70. The maximum atomic E-state index is 13.0. The first-order valence-corrected chi connectivity index (χ1v) is 11.2. The number of pyridine rings is 1. The second kappa shape index (κ2) is 11.2. The number of rotatable bonds is 9. The Bertz CT molecular complexity index is 1380. The van der Waals surface area contributed by atoms with Gasteiger partial charge in [-0.15, -0.1) is 0 Å². The molecule has 1 heterocycles. The van der Waals surface area contributed by atoms with Gasteiger partial charge in [-0.2, -0.15) is 0 Å². The Morgan fingerprint density at radius 1 is 0.833 bits per heavy atom. The summed E-state index contributed by atoms with van der Waals surface area (Å²) >= 11 is 0. The van der Waals surface area contributed by atoms with Crippen molar-refractivity contribution in [2.24, 2.45) is 0 Å². The first-order chi connectivity index (χ1) is 17.5. The number of nitrogens with zero attached hydrogens (tertiary/aromatic N) is 1. The molecule has 8 heteroatoms. The van der Waals surface area contributed by atoms with E-state index in [-0.39, 0.29) is 6.54 Å². The summed E-state index contributed by atoms with van der Waals surface area (Å²) in [4.78, 5) is 30.1. The van der Waals surface area contributed by atoms with Gasteiger partial charge in [0.15, 0.2) is 18.1 Å². The number of hydrogen-bond donors (Lipinski definition) is 1. The molecule has 0 aliphatic heterocycles. The summed E-state index contributed by atoms with van der Waals surface area (Å²) in [5.74, 6) is 0.850. The van der Waals surface area contributed by atoms with Crippen LogP contribution in [0.5, 0.6) is 17.2 Å². The van der Waals surface area contributed by atoms with Crippen molar-refractivity contribution in [1.29, 1.82) is 0 Å². The highest BCUT2D eigenvalue weighted by molar-refractivity contribution is 6.05. The maximum Gasteiger partial charge on any atom is 0.339 e. The van der Waals surface area contributed by atoms with Crippen LogP contribution in [0, 0.1) is 0 Å². The van der Waals surface area contributed by atoms with Crippen molar-refractivity contribution < 1.29 is 28.5 Å². The second-order valence-electron chi connectivity index (χ2n) is 7.84. The number of carbonyl (C=O) groups excluding carboxylic acids is 2. The minimum Gasteiger partial charge on any atom is -0.497 e. The fraction of sp³-hybridized carbons (Fsp3) is 0.179. The van der Waals surface area contributed by atoms with Crippen molar-refractivity contribution in [1.82, 2.24) is 10.3 Å². The van der Waals surface area contributed by atoms with Gasteiger partial charge in [-0.1, -0.05) is 24.3 Å². The molecule has 0 aliphatic rings. The standard InChI is InChI=1S/C28H26N2O6/c1-33-20-11-9-19(10-12-20)24-15-22(21-6-4-5-7-23(21)30-24)28(32)36-17-27(31)29-16-18-8-13-25(34-2)26(14-18)35-3/h4-15H,16-17H2,1-3H3,(H,29,31). The minimum atomic E-state index is -0.607. The first-order valence-electron chi connectivity index (χ1n) is 11.2. The average molecular weight is 487 g/mol. The largest absolute Gasteiger partial charge is 0.497 e. The SMILES string of the molecule is COc1ccc(-c2cc(C(=O)OCC(=O)NCc3ccc(OC)c(OC)c3)c3ccccc3n2)cc1. The van der Waals surface area contributed by atoms with E-state index in [1.807, 2.05) is 48.5 Å². The van der Waals surface area contributed by atoms with Gasteiger partial charge in [0.05, 0.1) is 38.1 Å². The highest BCUT2D eigenvalue weighted by Crippen LogP contribution is 2.28. The van der Waals surface area contributed by atoms with Crippen molar-refractivity contribution in [3.05, 3.63) is 83.9 Å². The topological polar surface area (TPSA) is 96.0 Å². The van der Waals surface area contributed by atoms with Crippen LogP contribution in [0.4, 0.5) is 0 Å². The van der Waals surface area contributed by atoms with Crippen molar-refractivity contribution in [3.63, 3.8) is 0 Å². The molecule has 0 saturated carbocycles. The number of ether oxygens (including phenoxy) is 4. The molecule has 8 nitrogen and oxygen atoms in total. The zero-order chi connectivity index (χ0) is 25.5. The second-order valence-corrected chi connectivity index (χ2v) is 7.84. The Morgan fingerprint density at radius 2 is 1.58 bits per heavy atom. The van der Waals surface area contributed by atoms with Crippen molar-refractivity contribution in [2.75, 3.05) is 27.9 Å². The van der Waals surface area contributed by atoms with E-state index < -0.39 is 18.5 Å². The molecular weight excluding hydrogens is 460 g/mol. The molecule has 0 aliphatic carbocycles. The fourth-order valence-corrected chi connectivity index (χ4v) is 3.71. The highest BCUT2D eigenvalue weighted by atomic mass is 16.5. The number of fused-ring (bicyclic) bond motifs is 1. The predicted molar refractivity (Wildman–Crippen MR) is 135 cm³/mol. The zero-order valence-corrected chi connectivity index (χ0v) is 20.2. The number of nitrogens with one attached hydrogen (secondary N) is 1. The van der Waals surface area contributed by atoms with Gasteiger partial charge in [0, 0.05) is 17.5 Å². The van der Waals surface area contributed by atoms with Crippen LogP contribution in [0.1, 0.15) is 15.9 Å². The van der Waals surface area contributed by atoms with E-state index in [1.165, 1.54) is 0 Å². The molecule has 0 fully saturated rings. The molecule has 0 radical (unpaired) electrons. The number of methoxy groups -OCH3 is 3. The molecule has 0 bridgehead atoms. The van der Waals surface area contributed by atoms with E-state index in [2.05, 4.69) is 10.3 Å². The summed E-state index contributed by atoms with van der Waals surface area (Å²) in [5.41, 5.74) is 3.23. The molecule has 3 aromatic carbocycles. The molecule has 36 heavy (non-hydrogen) atoms. The fourth-order valence-electron chi connectivity index (χ4n) is 3.71. The van der Waals surface area contributed by atoms with Gasteiger partial charge in [-0.05, 0) is 54.1 Å². The lowest BCUT2D eigenvalue weighted by Gasteiger charge is -2.12. The number of aromatic nitrogens is 1. The van der Waals surface area contributed by atoms with Gasteiger partial charge >= 0.3 is 5.97 Å². The molecule has 4 aromatic rings. The van der Waals surface area contributed by atoms with Gasteiger partial charge < -0.3 is 24.3 Å². The zero-order valence-electron chi connectivity index (χ0n) is 20.2. The van der Waals surface area contributed by atoms with Crippen LogP contribution in [-0.4, -0.2) is 44.8 Å². The van der Waals surface area contributed by atoms with Crippen LogP contribution < -0.4 is 19.5 Å². The molecule has 0 atom stereocenters. The lowest BCUT2D eigenvalue weighted by Crippen LogP contribution is -2.28. The van der Waals surface area contributed by atoms with E-state index in [9.17, 15) is 9.59 Å². The van der Waals surface area contributed by atoms with Crippen molar-refractivity contribution in [2.45, 2.75) is 6.54 Å². The van der Waals surface area contributed by atoms with Gasteiger partial charge in [0.2, 0.25) is 0 Å². The lowest BCUT2D eigenvalue weighted by molar-refractivity contribution is -0.124. The molecule has 1 N–H and O–H groups in total. The molecule has 0 spiro atoms. The Balaban J connectivity index is 1.46. The molecule has 0 saturated heterocycles. The number of carbonyl (C=O) groups is 2.